The van der Waals surface area contributed by atoms with E-state index in [0.29, 0.717) is 12.8 Å². The Hall–Kier alpha value is -1.32. The van der Waals surface area contributed by atoms with E-state index in [1.54, 1.807) is 0 Å². The maximum atomic E-state index is 12.9. The zero-order valence-electron chi connectivity index (χ0n) is 13.7. The summed E-state index contributed by atoms with van der Waals surface area (Å²) in [5.74, 6) is -0.844. The van der Waals surface area contributed by atoms with E-state index in [-0.39, 0.29) is 29.7 Å². The number of hydrogen-bond acceptors (Lipinski definition) is 3. The van der Waals surface area contributed by atoms with Crippen molar-refractivity contribution in [2.24, 2.45) is 5.92 Å². The Morgan fingerprint density at radius 1 is 1.28 bits per heavy atom. The number of rotatable bonds is 3. The molecule has 0 bridgehead atoms. The smallest absolute Gasteiger partial charge is 0.314 e. The normalized spacial score (nSPS) is 17.5. The molecular formula is C15H18ClF3N2O3S. The highest BCUT2D eigenvalue weighted by Crippen LogP contribution is 2.36. The summed E-state index contributed by atoms with van der Waals surface area (Å²) in [4.78, 5) is 13.7. The molecule has 1 aliphatic heterocycles. The molecule has 0 aromatic heterocycles. The summed E-state index contributed by atoms with van der Waals surface area (Å²) in [6.07, 6.45) is -2.81. The standard InChI is InChI=1S/C15H18ClF3N2O3S/c1-20(13-9-11(15(17,18)19)3-4-12(13)16)14(22)10-5-7-21(8-6-10)25(2,23)24/h3-4,9-10H,5-8H2,1-2H3. The average molecular weight is 399 g/mol. The predicted molar refractivity (Wildman–Crippen MR) is 89.0 cm³/mol. The molecule has 10 heteroatoms. The molecule has 0 unspecified atom stereocenters. The van der Waals surface area contributed by atoms with Gasteiger partial charge in [-0.25, -0.2) is 12.7 Å². The predicted octanol–water partition coefficient (Wildman–Crippen LogP) is 2.99. The second-order valence-corrected chi connectivity index (χ2v) is 8.39. The van der Waals surface area contributed by atoms with Gasteiger partial charge in [0.15, 0.2) is 0 Å². The molecule has 140 valence electrons. The first-order chi connectivity index (χ1) is 11.4. The Bertz CT molecular complexity index is 760. The summed E-state index contributed by atoms with van der Waals surface area (Å²) in [7, 11) is -1.95. The molecular weight excluding hydrogens is 381 g/mol. The topological polar surface area (TPSA) is 57.7 Å². The number of halogens is 4. The van der Waals surface area contributed by atoms with Crippen molar-refractivity contribution in [2.75, 3.05) is 31.3 Å². The molecule has 0 aliphatic carbocycles. The number of anilines is 1. The Balaban J connectivity index is 2.16. The summed E-state index contributed by atoms with van der Waals surface area (Å²) >= 11 is 5.96. The molecule has 5 nitrogen and oxygen atoms in total. The van der Waals surface area contributed by atoms with Crippen molar-refractivity contribution >= 4 is 33.2 Å². The first kappa shape index (κ1) is 20.0. The fraction of sp³-hybridized carbons (Fsp3) is 0.533. The Kier molecular flexibility index (Phi) is 5.70. The maximum Gasteiger partial charge on any atom is 0.416 e. The van der Waals surface area contributed by atoms with Crippen LogP contribution in [0.5, 0.6) is 0 Å². The third-order valence-electron chi connectivity index (χ3n) is 4.24. The van der Waals surface area contributed by atoms with Crippen LogP contribution in [0.1, 0.15) is 18.4 Å². The van der Waals surface area contributed by atoms with Gasteiger partial charge in [0, 0.05) is 26.1 Å². The SMILES string of the molecule is CN(C(=O)C1CCN(S(C)(=O)=O)CC1)c1cc(C(F)(F)F)ccc1Cl. The molecule has 0 atom stereocenters. The molecule has 0 spiro atoms. The number of amides is 1. The minimum atomic E-state index is -4.54. The van der Waals surface area contributed by atoms with Crippen molar-refractivity contribution in [3.63, 3.8) is 0 Å². The van der Waals surface area contributed by atoms with Gasteiger partial charge in [-0.3, -0.25) is 4.79 Å². The van der Waals surface area contributed by atoms with Crippen LogP contribution in [0.4, 0.5) is 18.9 Å². The van der Waals surface area contributed by atoms with E-state index in [1.807, 2.05) is 0 Å². The van der Waals surface area contributed by atoms with Crippen molar-refractivity contribution in [3.05, 3.63) is 28.8 Å². The molecule has 1 aromatic carbocycles. The van der Waals surface area contributed by atoms with E-state index in [4.69, 9.17) is 11.6 Å². The second-order valence-electron chi connectivity index (χ2n) is 6.00. The van der Waals surface area contributed by atoms with Gasteiger partial charge < -0.3 is 4.90 Å². The molecule has 1 aliphatic rings. The molecule has 25 heavy (non-hydrogen) atoms. The molecule has 1 fully saturated rings. The summed E-state index contributed by atoms with van der Waals surface area (Å²) in [5.41, 5.74) is -0.912. The average Bonchev–Trinajstić information content (AvgIpc) is 2.52. The van der Waals surface area contributed by atoms with Gasteiger partial charge in [0.05, 0.1) is 22.5 Å². The van der Waals surface area contributed by atoms with Crippen LogP contribution in [-0.2, 0) is 21.0 Å². The van der Waals surface area contributed by atoms with Crippen LogP contribution in [0.25, 0.3) is 0 Å². The van der Waals surface area contributed by atoms with Crippen molar-refractivity contribution < 1.29 is 26.4 Å². The lowest BCUT2D eigenvalue weighted by Crippen LogP contribution is -2.43. The quantitative estimate of drug-likeness (QED) is 0.786. The van der Waals surface area contributed by atoms with Gasteiger partial charge >= 0.3 is 6.18 Å². The van der Waals surface area contributed by atoms with Crippen molar-refractivity contribution in [1.82, 2.24) is 4.31 Å². The first-order valence-electron chi connectivity index (χ1n) is 7.50. The van der Waals surface area contributed by atoms with Gasteiger partial charge in [-0.15, -0.1) is 0 Å². The van der Waals surface area contributed by atoms with Crippen LogP contribution in [0, 0.1) is 5.92 Å². The number of carbonyl (C=O) groups is 1. The molecule has 1 amide bonds. The van der Waals surface area contributed by atoms with Crippen LogP contribution in [0.2, 0.25) is 5.02 Å². The van der Waals surface area contributed by atoms with Gasteiger partial charge in [-0.05, 0) is 31.0 Å². The largest absolute Gasteiger partial charge is 0.416 e. The number of nitrogens with zero attached hydrogens (tertiary/aromatic N) is 2. The molecule has 0 saturated carbocycles. The van der Waals surface area contributed by atoms with Crippen molar-refractivity contribution in [1.29, 1.82) is 0 Å². The van der Waals surface area contributed by atoms with Gasteiger partial charge in [-0.2, -0.15) is 13.2 Å². The fourth-order valence-corrected chi connectivity index (χ4v) is 3.89. The van der Waals surface area contributed by atoms with E-state index >= 15 is 0 Å². The van der Waals surface area contributed by atoms with E-state index in [0.717, 1.165) is 29.4 Å². The Labute approximate surface area is 149 Å². The Morgan fingerprint density at radius 3 is 2.32 bits per heavy atom. The summed E-state index contributed by atoms with van der Waals surface area (Å²) in [6, 6.07) is 2.80. The molecule has 2 rings (SSSR count). The van der Waals surface area contributed by atoms with Gasteiger partial charge in [0.25, 0.3) is 0 Å². The molecule has 1 aromatic rings. The van der Waals surface area contributed by atoms with Gasteiger partial charge in [0.2, 0.25) is 15.9 Å². The molecule has 0 N–H and O–H groups in total. The van der Waals surface area contributed by atoms with Gasteiger partial charge in [-0.1, -0.05) is 11.6 Å². The lowest BCUT2D eigenvalue weighted by molar-refractivity contribution is -0.137. The maximum absolute atomic E-state index is 12.9. The highest BCUT2D eigenvalue weighted by molar-refractivity contribution is 7.88. The van der Waals surface area contributed by atoms with Crippen LogP contribution < -0.4 is 4.90 Å². The van der Waals surface area contributed by atoms with Crippen LogP contribution in [-0.4, -0.2) is 45.0 Å². The highest BCUT2D eigenvalue weighted by Gasteiger charge is 2.34. The van der Waals surface area contributed by atoms with Crippen molar-refractivity contribution in [3.8, 4) is 0 Å². The van der Waals surface area contributed by atoms with Crippen molar-refractivity contribution in [2.45, 2.75) is 19.0 Å². The van der Waals surface area contributed by atoms with Gasteiger partial charge in [0.1, 0.15) is 0 Å². The first-order valence-corrected chi connectivity index (χ1v) is 9.73. The van der Waals surface area contributed by atoms with E-state index < -0.39 is 27.7 Å². The molecule has 1 heterocycles. The van der Waals surface area contributed by atoms with Crippen LogP contribution in [0.15, 0.2) is 18.2 Å². The molecule has 0 radical (unpaired) electrons. The lowest BCUT2D eigenvalue weighted by Gasteiger charge is -2.32. The van der Waals surface area contributed by atoms with E-state index in [9.17, 15) is 26.4 Å². The summed E-state index contributed by atoms with van der Waals surface area (Å²) < 4.78 is 62.9. The third-order valence-corrected chi connectivity index (χ3v) is 5.86. The number of alkyl halides is 3. The summed E-state index contributed by atoms with van der Waals surface area (Å²) in [5, 5.41) is 0.0393. The minimum absolute atomic E-state index is 0.0213. The van der Waals surface area contributed by atoms with Crippen LogP contribution >= 0.6 is 11.6 Å². The summed E-state index contributed by atoms with van der Waals surface area (Å²) in [6.45, 7) is 0.415. The zero-order valence-corrected chi connectivity index (χ0v) is 15.2. The lowest BCUT2D eigenvalue weighted by atomic mass is 9.96. The van der Waals surface area contributed by atoms with E-state index in [2.05, 4.69) is 0 Å². The number of piperidine rings is 1. The monoisotopic (exact) mass is 398 g/mol. The van der Waals surface area contributed by atoms with E-state index in [1.165, 1.54) is 11.4 Å². The zero-order chi connectivity index (χ0) is 19.0. The number of carbonyl (C=O) groups excluding carboxylic acids is 1. The number of sulfonamides is 1. The fourth-order valence-electron chi connectivity index (χ4n) is 2.77. The number of hydrogen-bond donors (Lipinski definition) is 0. The second kappa shape index (κ2) is 7.13. The Morgan fingerprint density at radius 2 is 1.84 bits per heavy atom. The minimum Gasteiger partial charge on any atom is -0.314 e. The highest BCUT2D eigenvalue weighted by atomic mass is 35.5. The number of benzene rings is 1. The molecule has 1 saturated heterocycles. The van der Waals surface area contributed by atoms with Crippen LogP contribution in [0.3, 0.4) is 0 Å². The third kappa shape index (κ3) is 4.65.